The Morgan fingerprint density at radius 1 is 0.960 bits per heavy atom. The van der Waals surface area contributed by atoms with Crippen LogP contribution >= 0.6 is 22.7 Å². The van der Waals surface area contributed by atoms with Gasteiger partial charge in [0.15, 0.2) is 9.84 Å². The van der Waals surface area contributed by atoms with Crippen LogP contribution in [0.2, 0.25) is 0 Å². The lowest BCUT2D eigenvalue weighted by Crippen LogP contribution is -1.96. The number of nitrogens with zero attached hydrogens (tertiary/aromatic N) is 2. The first-order chi connectivity index (χ1) is 12.0. The van der Waals surface area contributed by atoms with Crippen LogP contribution in [0.15, 0.2) is 58.8 Å². The maximum absolute atomic E-state index is 11.5. The number of benzene rings is 2. The zero-order chi connectivity index (χ0) is 17.4. The molecule has 2 aromatic heterocycles. The molecule has 126 valence electrons. The monoisotopic (exact) mass is 386 g/mol. The van der Waals surface area contributed by atoms with Gasteiger partial charge >= 0.3 is 0 Å². The van der Waals surface area contributed by atoms with Gasteiger partial charge in [-0.15, -0.1) is 22.7 Å². The number of sulfone groups is 1. The minimum absolute atomic E-state index is 0.321. The van der Waals surface area contributed by atoms with E-state index >= 15 is 0 Å². The summed E-state index contributed by atoms with van der Waals surface area (Å²) >= 11 is 3.29. The summed E-state index contributed by atoms with van der Waals surface area (Å²) in [6.07, 6.45) is 1.92. The number of para-hydroxylation sites is 1. The fourth-order valence-corrected chi connectivity index (χ4v) is 5.02. The first kappa shape index (κ1) is 16.4. The molecule has 0 aliphatic rings. The molecule has 2 heterocycles. The Bertz CT molecular complexity index is 1110. The molecule has 0 saturated heterocycles. The summed E-state index contributed by atoms with van der Waals surface area (Å²) in [4.78, 5) is 9.64. The van der Waals surface area contributed by atoms with E-state index in [0.717, 1.165) is 26.8 Å². The molecule has 0 aliphatic heterocycles. The van der Waals surface area contributed by atoms with Crippen LogP contribution in [0.4, 0.5) is 0 Å². The van der Waals surface area contributed by atoms with Gasteiger partial charge in [0.05, 0.1) is 27.2 Å². The van der Waals surface area contributed by atoms with Crippen molar-refractivity contribution in [3.05, 3.63) is 63.9 Å². The van der Waals surface area contributed by atoms with Gasteiger partial charge in [-0.3, -0.25) is 0 Å². The van der Waals surface area contributed by atoms with Crippen molar-refractivity contribution in [2.45, 2.75) is 11.3 Å². The fraction of sp³-hybridized carbons (Fsp3) is 0.111. The van der Waals surface area contributed by atoms with Crippen LogP contribution < -0.4 is 0 Å². The second-order valence-corrected chi connectivity index (χ2v) is 9.75. The zero-order valence-corrected chi connectivity index (χ0v) is 15.8. The minimum atomic E-state index is -3.17. The molecule has 0 aliphatic carbocycles. The Balaban J connectivity index is 1.57. The standard InChI is InChI=1S/C18H14N2O2S3/c1-25(21,22)13-8-6-12(7-9-13)15-11-23-17(20-15)10-18-19-14-4-2-3-5-16(14)24-18/h2-9,11H,10H2,1H3. The summed E-state index contributed by atoms with van der Waals surface area (Å²) in [7, 11) is -3.17. The molecule has 0 spiro atoms. The predicted octanol–water partition coefficient (Wildman–Crippen LogP) is 4.41. The van der Waals surface area contributed by atoms with Crippen molar-refractivity contribution in [3.63, 3.8) is 0 Å². The number of rotatable bonds is 4. The van der Waals surface area contributed by atoms with Gasteiger partial charge in [-0.25, -0.2) is 18.4 Å². The molecule has 0 atom stereocenters. The molecule has 7 heteroatoms. The van der Waals surface area contributed by atoms with Crippen molar-refractivity contribution in [2.24, 2.45) is 0 Å². The predicted molar refractivity (Wildman–Crippen MR) is 103 cm³/mol. The molecular formula is C18H14N2O2S3. The van der Waals surface area contributed by atoms with Crippen molar-refractivity contribution in [1.29, 1.82) is 0 Å². The molecule has 0 fully saturated rings. The maximum atomic E-state index is 11.5. The van der Waals surface area contributed by atoms with E-state index in [1.54, 1.807) is 46.9 Å². The zero-order valence-electron chi connectivity index (χ0n) is 13.3. The summed E-state index contributed by atoms with van der Waals surface area (Å²) in [5.41, 5.74) is 2.80. The molecule has 0 bridgehead atoms. The lowest BCUT2D eigenvalue weighted by molar-refractivity contribution is 0.602. The Hall–Kier alpha value is -2.09. The summed E-state index contributed by atoms with van der Waals surface area (Å²) < 4.78 is 24.3. The fourth-order valence-electron chi connectivity index (χ4n) is 2.52. The average molecular weight is 387 g/mol. The van der Waals surface area contributed by atoms with Crippen LogP contribution in [0.1, 0.15) is 10.0 Å². The van der Waals surface area contributed by atoms with Gasteiger partial charge in [-0.1, -0.05) is 24.3 Å². The second kappa shape index (κ2) is 6.33. The highest BCUT2D eigenvalue weighted by molar-refractivity contribution is 7.90. The van der Waals surface area contributed by atoms with Crippen molar-refractivity contribution in [3.8, 4) is 11.3 Å². The quantitative estimate of drug-likeness (QED) is 0.521. The first-order valence-electron chi connectivity index (χ1n) is 7.58. The van der Waals surface area contributed by atoms with E-state index in [9.17, 15) is 8.42 Å². The molecular weight excluding hydrogens is 372 g/mol. The van der Waals surface area contributed by atoms with Crippen LogP contribution in [0.3, 0.4) is 0 Å². The minimum Gasteiger partial charge on any atom is -0.241 e. The largest absolute Gasteiger partial charge is 0.241 e. The molecule has 4 rings (SSSR count). The van der Waals surface area contributed by atoms with Gasteiger partial charge in [0.25, 0.3) is 0 Å². The van der Waals surface area contributed by atoms with E-state index in [4.69, 9.17) is 0 Å². The highest BCUT2D eigenvalue weighted by Crippen LogP contribution is 2.27. The third-order valence-corrected chi connectivity index (χ3v) is 6.78. The molecule has 2 aromatic carbocycles. The van der Waals surface area contributed by atoms with Crippen molar-refractivity contribution in [2.75, 3.05) is 6.26 Å². The van der Waals surface area contributed by atoms with Gasteiger partial charge in [0.2, 0.25) is 0 Å². The second-order valence-electron chi connectivity index (χ2n) is 5.68. The number of hydrogen-bond acceptors (Lipinski definition) is 6. The van der Waals surface area contributed by atoms with E-state index < -0.39 is 9.84 Å². The van der Waals surface area contributed by atoms with E-state index in [1.165, 1.54) is 11.0 Å². The summed E-state index contributed by atoms with van der Waals surface area (Å²) in [5, 5.41) is 4.05. The van der Waals surface area contributed by atoms with E-state index in [1.807, 2.05) is 23.6 Å². The third kappa shape index (κ3) is 3.49. The van der Waals surface area contributed by atoms with Crippen LogP contribution in [0.25, 0.3) is 21.5 Å². The highest BCUT2D eigenvalue weighted by Gasteiger charge is 2.11. The normalized spacial score (nSPS) is 11.9. The highest BCUT2D eigenvalue weighted by atomic mass is 32.2. The Labute approximate surface area is 153 Å². The number of fused-ring (bicyclic) bond motifs is 1. The van der Waals surface area contributed by atoms with Crippen molar-refractivity contribution < 1.29 is 8.42 Å². The number of aromatic nitrogens is 2. The van der Waals surface area contributed by atoms with Crippen LogP contribution in [-0.2, 0) is 16.3 Å². The first-order valence-corrected chi connectivity index (χ1v) is 11.2. The molecule has 0 saturated carbocycles. The summed E-state index contributed by atoms with van der Waals surface area (Å²) in [6.45, 7) is 0. The van der Waals surface area contributed by atoms with Gasteiger partial charge in [-0.2, -0.15) is 0 Å². The third-order valence-electron chi connectivity index (χ3n) is 3.77. The summed E-state index contributed by atoms with van der Waals surface area (Å²) in [6, 6.07) is 15.0. The van der Waals surface area contributed by atoms with Gasteiger partial charge < -0.3 is 0 Å². The number of thiazole rings is 2. The molecule has 4 aromatic rings. The summed E-state index contributed by atoms with van der Waals surface area (Å²) in [5.74, 6) is 0. The van der Waals surface area contributed by atoms with E-state index in [2.05, 4.69) is 16.0 Å². The molecule has 0 N–H and O–H groups in total. The lowest BCUT2D eigenvalue weighted by Gasteiger charge is -2.00. The van der Waals surface area contributed by atoms with Gasteiger partial charge in [0, 0.05) is 17.2 Å². The van der Waals surface area contributed by atoms with Gasteiger partial charge in [-0.05, 0) is 24.3 Å². The molecule has 0 unspecified atom stereocenters. The van der Waals surface area contributed by atoms with Gasteiger partial charge in [0.1, 0.15) is 10.0 Å². The number of hydrogen-bond donors (Lipinski definition) is 0. The van der Waals surface area contributed by atoms with Crippen LogP contribution in [-0.4, -0.2) is 24.6 Å². The Morgan fingerprint density at radius 2 is 1.72 bits per heavy atom. The molecule has 4 nitrogen and oxygen atoms in total. The van der Waals surface area contributed by atoms with Crippen molar-refractivity contribution in [1.82, 2.24) is 9.97 Å². The van der Waals surface area contributed by atoms with E-state index in [0.29, 0.717) is 11.3 Å². The molecule has 0 amide bonds. The topological polar surface area (TPSA) is 59.9 Å². The maximum Gasteiger partial charge on any atom is 0.175 e. The van der Waals surface area contributed by atoms with Crippen LogP contribution in [0.5, 0.6) is 0 Å². The van der Waals surface area contributed by atoms with E-state index in [-0.39, 0.29) is 0 Å². The SMILES string of the molecule is CS(=O)(=O)c1ccc(-c2csc(Cc3nc4ccccc4s3)n2)cc1. The Kier molecular flexibility index (Phi) is 4.15. The lowest BCUT2D eigenvalue weighted by atomic mass is 10.2. The smallest absolute Gasteiger partial charge is 0.175 e. The van der Waals surface area contributed by atoms with Crippen molar-refractivity contribution >= 4 is 42.7 Å². The average Bonchev–Trinajstić information content (AvgIpc) is 3.20. The van der Waals surface area contributed by atoms with Crippen LogP contribution in [0, 0.1) is 0 Å². The molecule has 0 radical (unpaired) electrons. The molecule has 25 heavy (non-hydrogen) atoms. The Morgan fingerprint density at radius 3 is 2.44 bits per heavy atom.